The van der Waals surface area contributed by atoms with Crippen molar-refractivity contribution in [1.82, 2.24) is 4.98 Å². The molecule has 0 amide bonds. The molecule has 2 aromatic rings. The lowest BCUT2D eigenvalue weighted by molar-refractivity contribution is -0.138. The van der Waals surface area contributed by atoms with Crippen molar-refractivity contribution in [2.45, 2.75) is 24.9 Å². The molecule has 1 aromatic carbocycles. The summed E-state index contributed by atoms with van der Waals surface area (Å²) in [6.07, 6.45) is -2.73. The minimum Gasteiger partial charge on any atom is -0.476 e. The first-order chi connectivity index (χ1) is 10.4. The zero-order valence-electron chi connectivity index (χ0n) is 11.1. The largest absolute Gasteiger partial charge is 0.476 e. The quantitative estimate of drug-likeness (QED) is 0.921. The van der Waals surface area contributed by atoms with Crippen LogP contribution >= 0.6 is 0 Å². The van der Waals surface area contributed by atoms with Crippen LogP contribution in [0.2, 0.25) is 0 Å². The average molecular weight is 313 g/mol. The highest BCUT2D eigenvalue weighted by Gasteiger charge is 2.40. The molecular weight excluding hydrogens is 303 g/mol. The zero-order chi connectivity index (χ0) is 15.9. The van der Waals surface area contributed by atoms with Crippen LogP contribution in [0.1, 0.15) is 40.4 Å². The van der Waals surface area contributed by atoms with E-state index < -0.39 is 23.8 Å². The average Bonchev–Trinajstić information content (AvgIpc) is 3.16. The Kier molecular flexibility index (Phi) is 3.31. The minimum atomic E-state index is -4.49. The van der Waals surface area contributed by atoms with Gasteiger partial charge in [0.1, 0.15) is 12.0 Å². The first-order valence-corrected chi connectivity index (χ1v) is 6.43. The molecule has 1 saturated carbocycles. The second kappa shape index (κ2) is 5.04. The summed E-state index contributed by atoms with van der Waals surface area (Å²) in [5, 5.41) is 8.74. The number of carboxylic acid groups (broad SMARTS) is 1. The fraction of sp³-hybridized carbons (Fsp3) is 0.286. The van der Waals surface area contributed by atoms with E-state index in [4.69, 9.17) is 14.3 Å². The van der Waals surface area contributed by atoms with Gasteiger partial charge in [0.2, 0.25) is 0 Å². The number of aromatic carboxylic acids is 1. The monoisotopic (exact) mass is 313 g/mol. The van der Waals surface area contributed by atoms with Gasteiger partial charge in [-0.2, -0.15) is 18.2 Å². The summed E-state index contributed by atoms with van der Waals surface area (Å²) in [5.41, 5.74) is -1.07. The second-order valence-electron chi connectivity index (χ2n) is 4.90. The Bertz CT molecular complexity index is 719. The van der Waals surface area contributed by atoms with E-state index >= 15 is 0 Å². The van der Waals surface area contributed by atoms with Gasteiger partial charge in [0, 0.05) is 5.56 Å². The number of hydrogen-bond donors (Lipinski definition) is 1. The Labute approximate surface area is 122 Å². The lowest BCUT2D eigenvalue weighted by atomic mass is 10.0. The summed E-state index contributed by atoms with van der Waals surface area (Å²) >= 11 is 0. The topological polar surface area (TPSA) is 72.6 Å². The Morgan fingerprint density at radius 2 is 2.09 bits per heavy atom. The summed E-state index contributed by atoms with van der Waals surface area (Å²) in [7, 11) is 0. The molecule has 116 valence electrons. The number of aromatic nitrogens is 1. The van der Waals surface area contributed by atoms with Crippen molar-refractivity contribution >= 4 is 5.97 Å². The van der Waals surface area contributed by atoms with E-state index in [-0.39, 0.29) is 22.9 Å². The second-order valence-corrected chi connectivity index (χ2v) is 4.90. The SMILES string of the molecule is O=C(O)c1coc(Oc2cccc(C(F)(F)F)c2C2CC2)n1. The van der Waals surface area contributed by atoms with Crippen LogP contribution in [0.15, 0.2) is 28.9 Å². The molecule has 3 rings (SSSR count). The van der Waals surface area contributed by atoms with Crippen LogP contribution in [-0.4, -0.2) is 16.1 Å². The van der Waals surface area contributed by atoms with Crippen molar-refractivity contribution in [2.24, 2.45) is 0 Å². The summed E-state index contributed by atoms with van der Waals surface area (Å²) in [6, 6.07) is 3.61. The lowest BCUT2D eigenvalue weighted by Gasteiger charge is -2.15. The van der Waals surface area contributed by atoms with Gasteiger partial charge < -0.3 is 14.3 Å². The maximum absolute atomic E-state index is 13.1. The van der Waals surface area contributed by atoms with Crippen molar-refractivity contribution in [3.63, 3.8) is 0 Å². The van der Waals surface area contributed by atoms with Gasteiger partial charge in [-0.3, -0.25) is 0 Å². The molecule has 0 radical (unpaired) electrons. The maximum Gasteiger partial charge on any atom is 0.416 e. The highest BCUT2D eigenvalue weighted by atomic mass is 19.4. The number of benzene rings is 1. The Balaban J connectivity index is 1.97. The molecule has 0 spiro atoms. The van der Waals surface area contributed by atoms with Gasteiger partial charge in [0.25, 0.3) is 0 Å². The fourth-order valence-electron chi connectivity index (χ4n) is 2.17. The molecule has 22 heavy (non-hydrogen) atoms. The van der Waals surface area contributed by atoms with Crippen LogP contribution in [0.3, 0.4) is 0 Å². The molecule has 1 aromatic heterocycles. The number of oxazole rings is 1. The number of hydrogen-bond acceptors (Lipinski definition) is 4. The summed E-state index contributed by atoms with van der Waals surface area (Å²) in [4.78, 5) is 14.3. The molecule has 0 aliphatic heterocycles. The fourth-order valence-corrected chi connectivity index (χ4v) is 2.17. The smallest absolute Gasteiger partial charge is 0.416 e. The van der Waals surface area contributed by atoms with Gasteiger partial charge in [0.15, 0.2) is 5.69 Å². The third-order valence-corrected chi connectivity index (χ3v) is 3.26. The van der Waals surface area contributed by atoms with E-state index in [0.29, 0.717) is 12.8 Å². The Morgan fingerprint density at radius 3 is 2.64 bits per heavy atom. The number of ether oxygens (including phenoxy) is 1. The summed E-state index contributed by atoms with van der Waals surface area (Å²) in [5.74, 6) is -1.55. The molecule has 1 heterocycles. The predicted octanol–water partition coefficient (Wildman–Crippen LogP) is 4.06. The normalized spacial score (nSPS) is 14.9. The first-order valence-electron chi connectivity index (χ1n) is 6.43. The third kappa shape index (κ3) is 2.76. The van der Waals surface area contributed by atoms with Crippen molar-refractivity contribution in [2.75, 3.05) is 0 Å². The van der Waals surface area contributed by atoms with Crippen molar-refractivity contribution in [3.05, 3.63) is 41.3 Å². The molecule has 0 unspecified atom stereocenters. The van der Waals surface area contributed by atoms with E-state index in [9.17, 15) is 18.0 Å². The number of rotatable bonds is 4. The van der Waals surface area contributed by atoms with Gasteiger partial charge in [-0.1, -0.05) is 6.07 Å². The van der Waals surface area contributed by atoms with Crippen LogP contribution in [0.5, 0.6) is 11.8 Å². The summed E-state index contributed by atoms with van der Waals surface area (Å²) in [6.45, 7) is 0. The van der Waals surface area contributed by atoms with Gasteiger partial charge in [0.05, 0.1) is 5.56 Å². The Morgan fingerprint density at radius 1 is 1.36 bits per heavy atom. The molecular formula is C14H10F3NO4. The van der Waals surface area contributed by atoms with Gasteiger partial charge in [-0.05, 0) is 30.9 Å². The number of nitrogens with zero attached hydrogens (tertiary/aromatic N) is 1. The molecule has 0 atom stereocenters. The van der Waals surface area contributed by atoms with Gasteiger partial charge >= 0.3 is 18.2 Å². The van der Waals surface area contributed by atoms with E-state index in [1.54, 1.807) is 0 Å². The lowest BCUT2D eigenvalue weighted by Crippen LogP contribution is -2.09. The molecule has 1 fully saturated rings. The van der Waals surface area contributed by atoms with Gasteiger partial charge in [-0.25, -0.2) is 4.79 Å². The third-order valence-electron chi connectivity index (χ3n) is 3.26. The van der Waals surface area contributed by atoms with Crippen LogP contribution in [0.4, 0.5) is 13.2 Å². The number of carbonyl (C=O) groups is 1. The number of carboxylic acids is 1. The van der Waals surface area contributed by atoms with Crippen molar-refractivity contribution in [1.29, 1.82) is 0 Å². The van der Waals surface area contributed by atoms with E-state index in [0.717, 1.165) is 12.3 Å². The van der Waals surface area contributed by atoms with Crippen molar-refractivity contribution in [3.8, 4) is 11.8 Å². The molecule has 1 aliphatic carbocycles. The molecule has 5 nitrogen and oxygen atoms in total. The highest BCUT2D eigenvalue weighted by molar-refractivity contribution is 5.84. The minimum absolute atomic E-state index is 0.0175. The molecule has 0 bridgehead atoms. The molecule has 1 N–H and O–H groups in total. The van der Waals surface area contributed by atoms with E-state index in [2.05, 4.69) is 4.98 Å². The predicted molar refractivity (Wildman–Crippen MR) is 67.0 cm³/mol. The molecule has 1 aliphatic rings. The van der Waals surface area contributed by atoms with Crippen LogP contribution in [0, 0.1) is 0 Å². The Hall–Kier alpha value is -2.51. The van der Waals surface area contributed by atoms with Crippen LogP contribution in [0.25, 0.3) is 0 Å². The molecule has 0 saturated heterocycles. The van der Waals surface area contributed by atoms with E-state index in [1.165, 1.54) is 12.1 Å². The number of alkyl halides is 3. The van der Waals surface area contributed by atoms with Crippen LogP contribution < -0.4 is 4.74 Å². The number of halogens is 3. The standard InChI is InChI=1S/C14H10F3NO4/c15-14(16,17)8-2-1-3-10(11(8)7-4-5-7)22-13-18-9(6-21-13)12(19)20/h1-3,6-7H,4-5H2,(H,19,20). The first kappa shape index (κ1) is 14.4. The highest BCUT2D eigenvalue weighted by Crippen LogP contribution is 2.50. The van der Waals surface area contributed by atoms with Gasteiger partial charge in [-0.15, -0.1) is 0 Å². The molecule has 8 heteroatoms. The van der Waals surface area contributed by atoms with Crippen LogP contribution in [-0.2, 0) is 6.18 Å². The summed E-state index contributed by atoms with van der Waals surface area (Å²) < 4.78 is 49.3. The maximum atomic E-state index is 13.1. The van der Waals surface area contributed by atoms with E-state index in [1.807, 2.05) is 0 Å². The van der Waals surface area contributed by atoms with Crippen molar-refractivity contribution < 1.29 is 32.2 Å². The zero-order valence-corrected chi connectivity index (χ0v) is 11.1.